The molecule has 1 aliphatic rings. The number of hydrogen-bond acceptors (Lipinski definition) is 3. The first-order valence-electron chi connectivity index (χ1n) is 6.36. The summed E-state index contributed by atoms with van der Waals surface area (Å²) in [6.07, 6.45) is 4.63. The Bertz CT molecular complexity index is 428. The summed E-state index contributed by atoms with van der Waals surface area (Å²) >= 11 is 0. The van der Waals surface area contributed by atoms with E-state index in [4.69, 9.17) is 10.5 Å². The van der Waals surface area contributed by atoms with Gasteiger partial charge in [0.25, 0.3) is 0 Å². The number of hydrogen-bond donors (Lipinski definition) is 1. The van der Waals surface area contributed by atoms with E-state index in [1.807, 2.05) is 0 Å². The molecule has 2 rings (SSSR count). The van der Waals surface area contributed by atoms with Crippen molar-refractivity contribution in [3.8, 4) is 0 Å². The molecular formula is C14H18FNO2. The van der Waals surface area contributed by atoms with Crippen molar-refractivity contribution in [3.05, 3.63) is 29.6 Å². The van der Waals surface area contributed by atoms with Crippen molar-refractivity contribution >= 4 is 11.5 Å². The molecule has 0 bridgehead atoms. The Hall–Kier alpha value is -1.42. The van der Waals surface area contributed by atoms with Crippen molar-refractivity contribution in [1.29, 1.82) is 0 Å². The standard InChI is InChI=1S/C14H18FNO2/c15-12-9-10(6-7-13(12)16)14(17)5-1-3-11-4-2-8-18-11/h6-7,9,11H,1-5,8,16H2. The van der Waals surface area contributed by atoms with E-state index in [0.29, 0.717) is 18.1 Å². The van der Waals surface area contributed by atoms with Crippen LogP contribution < -0.4 is 5.73 Å². The van der Waals surface area contributed by atoms with E-state index in [1.54, 1.807) is 6.07 Å². The summed E-state index contributed by atoms with van der Waals surface area (Å²) in [5, 5.41) is 0. The van der Waals surface area contributed by atoms with E-state index in [-0.39, 0.29) is 11.5 Å². The molecule has 2 N–H and O–H groups in total. The van der Waals surface area contributed by atoms with Crippen LogP contribution in [0.4, 0.5) is 10.1 Å². The number of nitrogens with two attached hydrogens (primary N) is 1. The van der Waals surface area contributed by atoms with E-state index in [1.165, 1.54) is 12.1 Å². The fourth-order valence-corrected chi connectivity index (χ4v) is 2.21. The summed E-state index contributed by atoms with van der Waals surface area (Å²) in [6.45, 7) is 0.835. The average molecular weight is 251 g/mol. The molecule has 1 atom stereocenters. The number of carbonyl (C=O) groups excluding carboxylic acids is 1. The number of ketones is 1. The number of rotatable bonds is 5. The average Bonchev–Trinajstić information content (AvgIpc) is 2.85. The van der Waals surface area contributed by atoms with Crippen LogP contribution in [0.2, 0.25) is 0 Å². The van der Waals surface area contributed by atoms with Gasteiger partial charge in [0.15, 0.2) is 5.78 Å². The van der Waals surface area contributed by atoms with Gasteiger partial charge in [-0.05, 0) is 43.9 Å². The molecule has 1 saturated heterocycles. The third-order valence-electron chi connectivity index (χ3n) is 3.28. The van der Waals surface area contributed by atoms with Crippen molar-refractivity contribution in [2.24, 2.45) is 0 Å². The second-order valence-electron chi connectivity index (χ2n) is 4.69. The molecule has 0 aliphatic carbocycles. The SMILES string of the molecule is Nc1ccc(C(=O)CCCC2CCCO2)cc1F. The van der Waals surface area contributed by atoms with Crippen LogP contribution in [0, 0.1) is 5.82 Å². The highest BCUT2D eigenvalue weighted by Crippen LogP contribution is 2.19. The van der Waals surface area contributed by atoms with Gasteiger partial charge >= 0.3 is 0 Å². The number of halogens is 1. The van der Waals surface area contributed by atoms with E-state index in [2.05, 4.69) is 0 Å². The third-order valence-corrected chi connectivity index (χ3v) is 3.28. The van der Waals surface area contributed by atoms with Crippen LogP contribution in [-0.4, -0.2) is 18.5 Å². The Morgan fingerprint density at radius 2 is 2.33 bits per heavy atom. The Labute approximate surface area is 106 Å². The summed E-state index contributed by atoms with van der Waals surface area (Å²) in [4.78, 5) is 11.8. The maximum absolute atomic E-state index is 13.2. The first kappa shape index (κ1) is 13.0. The molecule has 1 heterocycles. The monoisotopic (exact) mass is 251 g/mol. The molecule has 0 saturated carbocycles. The lowest BCUT2D eigenvalue weighted by Crippen LogP contribution is -2.07. The minimum atomic E-state index is -0.528. The van der Waals surface area contributed by atoms with Crippen molar-refractivity contribution in [2.45, 2.75) is 38.2 Å². The smallest absolute Gasteiger partial charge is 0.162 e. The lowest BCUT2D eigenvalue weighted by Gasteiger charge is -2.08. The zero-order valence-electron chi connectivity index (χ0n) is 10.3. The fraction of sp³-hybridized carbons (Fsp3) is 0.500. The molecule has 0 amide bonds. The Morgan fingerprint density at radius 3 is 3.00 bits per heavy atom. The van der Waals surface area contributed by atoms with Gasteiger partial charge in [-0.2, -0.15) is 0 Å². The summed E-state index contributed by atoms with van der Waals surface area (Å²) in [6, 6.07) is 4.22. The summed E-state index contributed by atoms with van der Waals surface area (Å²) in [7, 11) is 0. The molecular weight excluding hydrogens is 233 g/mol. The molecule has 1 fully saturated rings. The first-order valence-corrected chi connectivity index (χ1v) is 6.36. The Kier molecular flexibility index (Phi) is 4.31. The summed E-state index contributed by atoms with van der Waals surface area (Å²) in [5.74, 6) is -0.563. The highest BCUT2D eigenvalue weighted by molar-refractivity contribution is 5.96. The van der Waals surface area contributed by atoms with Gasteiger partial charge < -0.3 is 10.5 Å². The van der Waals surface area contributed by atoms with Crippen molar-refractivity contribution < 1.29 is 13.9 Å². The van der Waals surface area contributed by atoms with E-state index < -0.39 is 5.82 Å². The van der Waals surface area contributed by atoms with Crippen molar-refractivity contribution in [1.82, 2.24) is 0 Å². The topological polar surface area (TPSA) is 52.3 Å². The van der Waals surface area contributed by atoms with Gasteiger partial charge in [0.05, 0.1) is 11.8 Å². The van der Waals surface area contributed by atoms with Crippen LogP contribution in [0.3, 0.4) is 0 Å². The number of carbonyl (C=O) groups is 1. The number of ether oxygens (including phenoxy) is 1. The quantitative estimate of drug-likeness (QED) is 0.646. The maximum atomic E-state index is 13.2. The van der Waals surface area contributed by atoms with Gasteiger partial charge in [-0.1, -0.05) is 0 Å². The highest BCUT2D eigenvalue weighted by Gasteiger charge is 2.16. The molecule has 1 unspecified atom stereocenters. The number of nitrogen functional groups attached to an aromatic ring is 1. The maximum Gasteiger partial charge on any atom is 0.162 e. The molecule has 18 heavy (non-hydrogen) atoms. The molecule has 3 nitrogen and oxygen atoms in total. The van der Waals surface area contributed by atoms with Crippen LogP contribution in [-0.2, 0) is 4.74 Å². The van der Waals surface area contributed by atoms with E-state index in [0.717, 1.165) is 32.3 Å². The zero-order chi connectivity index (χ0) is 13.0. The molecule has 4 heteroatoms. The van der Waals surface area contributed by atoms with E-state index >= 15 is 0 Å². The molecule has 98 valence electrons. The number of benzene rings is 1. The minimum Gasteiger partial charge on any atom is -0.396 e. The molecule has 1 aromatic carbocycles. The predicted molar refractivity (Wildman–Crippen MR) is 68.0 cm³/mol. The third kappa shape index (κ3) is 3.29. The van der Waals surface area contributed by atoms with Gasteiger partial charge in [0.2, 0.25) is 0 Å². The van der Waals surface area contributed by atoms with E-state index in [9.17, 15) is 9.18 Å². The highest BCUT2D eigenvalue weighted by atomic mass is 19.1. The minimum absolute atomic E-state index is 0.0353. The van der Waals surface area contributed by atoms with Gasteiger partial charge in [-0.3, -0.25) is 4.79 Å². The van der Waals surface area contributed by atoms with Crippen molar-refractivity contribution in [3.63, 3.8) is 0 Å². The van der Waals surface area contributed by atoms with Gasteiger partial charge in [0.1, 0.15) is 5.82 Å². The van der Waals surface area contributed by atoms with Crippen LogP contribution in [0.5, 0.6) is 0 Å². The van der Waals surface area contributed by atoms with Gasteiger partial charge in [0, 0.05) is 18.6 Å². The Balaban J connectivity index is 1.81. The van der Waals surface area contributed by atoms with Crippen LogP contribution >= 0.6 is 0 Å². The van der Waals surface area contributed by atoms with Crippen molar-refractivity contribution in [2.75, 3.05) is 12.3 Å². The molecule has 1 aromatic rings. The van der Waals surface area contributed by atoms with Gasteiger partial charge in [-0.25, -0.2) is 4.39 Å². The largest absolute Gasteiger partial charge is 0.396 e. The molecule has 0 radical (unpaired) electrons. The van der Waals surface area contributed by atoms with Crippen LogP contribution in [0.15, 0.2) is 18.2 Å². The fourth-order valence-electron chi connectivity index (χ4n) is 2.21. The summed E-state index contributed by atoms with van der Waals surface area (Å²) in [5.41, 5.74) is 5.84. The number of Topliss-reactive ketones (excluding diaryl/α,β-unsaturated/α-hetero) is 1. The summed E-state index contributed by atoms with van der Waals surface area (Å²) < 4.78 is 18.7. The Morgan fingerprint density at radius 1 is 1.50 bits per heavy atom. The normalized spacial score (nSPS) is 19.1. The predicted octanol–water partition coefficient (Wildman–Crippen LogP) is 2.94. The molecule has 1 aliphatic heterocycles. The lowest BCUT2D eigenvalue weighted by molar-refractivity contribution is 0.0922. The second-order valence-corrected chi connectivity index (χ2v) is 4.69. The number of anilines is 1. The first-order chi connectivity index (χ1) is 8.66. The molecule has 0 aromatic heterocycles. The lowest BCUT2D eigenvalue weighted by atomic mass is 10.0. The van der Waals surface area contributed by atoms with Crippen LogP contribution in [0.1, 0.15) is 42.5 Å². The van der Waals surface area contributed by atoms with Gasteiger partial charge in [-0.15, -0.1) is 0 Å². The zero-order valence-corrected chi connectivity index (χ0v) is 10.3. The van der Waals surface area contributed by atoms with Crippen LogP contribution in [0.25, 0.3) is 0 Å². The second kappa shape index (κ2) is 5.96. The molecule has 0 spiro atoms.